The number of pyridine rings is 1. The minimum absolute atomic E-state index is 0.141. The summed E-state index contributed by atoms with van der Waals surface area (Å²) in [6.07, 6.45) is 5.12. The molecule has 1 amide bonds. The third-order valence-electron chi connectivity index (χ3n) is 7.26. The Hall–Kier alpha value is -4.66. The number of hydrogen-bond donors (Lipinski definition) is 1. The summed E-state index contributed by atoms with van der Waals surface area (Å²) in [5, 5.41) is 1.27. The van der Waals surface area contributed by atoms with E-state index in [-0.39, 0.29) is 35.8 Å². The van der Waals surface area contributed by atoms with Crippen LogP contribution in [0, 0.1) is 19.7 Å². The zero-order chi connectivity index (χ0) is 30.0. The molecule has 0 bridgehead atoms. The second-order valence-corrected chi connectivity index (χ2v) is 10.8. The number of benzene rings is 2. The number of rotatable bonds is 8. The molecule has 0 atom stereocenters. The minimum Gasteiger partial charge on any atom is -0.387 e. The van der Waals surface area contributed by atoms with Crippen LogP contribution in [0.1, 0.15) is 55.9 Å². The Bertz CT molecular complexity index is 1780. The molecule has 0 fully saturated rings. The first-order chi connectivity index (χ1) is 20.2. The van der Waals surface area contributed by atoms with Gasteiger partial charge in [0.25, 0.3) is 5.56 Å². The Morgan fingerprint density at radius 2 is 1.71 bits per heavy atom. The molecule has 2 aromatic heterocycles. The highest BCUT2D eigenvalue weighted by atomic mass is 19.1. The van der Waals surface area contributed by atoms with Crippen molar-refractivity contribution < 1.29 is 9.18 Å². The number of aromatic nitrogens is 3. The molecule has 1 aliphatic heterocycles. The van der Waals surface area contributed by atoms with Crippen LogP contribution in [0.2, 0.25) is 0 Å². The molecule has 8 nitrogen and oxygen atoms in total. The van der Waals surface area contributed by atoms with Crippen LogP contribution in [0.4, 0.5) is 10.1 Å². The van der Waals surface area contributed by atoms with Crippen molar-refractivity contribution in [3.63, 3.8) is 0 Å². The molecule has 2 aromatic carbocycles. The predicted octanol–water partition coefficient (Wildman–Crippen LogP) is 5.69. The molecule has 216 valence electrons. The molecule has 0 aliphatic carbocycles. The van der Waals surface area contributed by atoms with E-state index in [1.54, 1.807) is 39.9 Å². The molecule has 0 saturated heterocycles. The number of nitrogens with zero attached hydrogens (tertiary/aromatic N) is 5. The molecule has 4 aromatic rings. The lowest BCUT2D eigenvalue weighted by Gasteiger charge is -2.22. The van der Waals surface area contributed by atoms with Crippen LogP contribution in [-0.4, -0.2) is 44.3 Å². The summed E-state index contributed by atoms with van der Waals surface area (Å²) in [5.41, 5.74) is 10.1. The number of amides is 1. The first-order valence-electron chi connectivity index (χ1n) is 14.3. The quantitative estimate of drug-likeness (QED) is 0.295. The van der Waals surface area contributed by atoms with E-state index in [1.807, 2.05) is 45.9 Å². The van der Waals surface area contributed by atoms with E-state index >= 15 is 4.39 Å². The molecule has 2 N–H and O–H groups in total. The van der Waals surface area contributed by atoms with Crippen molar-refractivity contribution in [1.29, 1.82) is 0 Å². The Kier molecular flexibility index (Phi) is 8.29. The van der Waals surface area contributed by atoms with Crippen LogP contribution in [0.15, 0.2) is 64.0 Å². The molecule has 3 heterocycles. The molecule has 0 saturated carbocycles. The number of halogens is 1. The SMILES string of the molecule is CCCN(CCC)C(=O)C1=Cc2c(F)cc(-c3ccc4c(=O)n(Cc5nc(C)cc(C)n5)ccc4c3)cc2N=C(N)C1. The smallest absolute Gasteiger partial charge is 0.258 e. The summed E-state index contributed by atoms with van der Waals surface area (Å²) in [5.74, 6) is 0.197. The fraction of sp³-hybridized carbons (Fsp3) is 0.303. The van der Waals surface area contributed by atoms with Gasteiger partial charge in [-0.05, 0) is 85.7 Å². The van der Waals surface area contributed by atoms with Gasteiger partial charge in [-0.25, -0.2) is 19.4 Å². The zero-order valence-corrected chi connectivity index (χ0v) is 24.4. The Balaban J connectivity index is 1.49. The van der Waals surface area contributed by atoms with Crippen molar-refractivity contribution in [2.24, 2.45) is 10.7 Å². The van der Waals surface area contributed by atoms with Gasteiger partial charge in [-0.2, -0.15) is 0 Å². The number of aliphatic imine (C=N–C) groups is 1. The minimum atomic E-state index is -0.493. The summed E-state index contributed by atoms with van der Waals surface area (Å²) in [7, 11) is 0. The van der Waals surface area contributed by atoms with Gasteiger partial charge < -0.3 is 15.2 Å². The van der Waals surface area contributed by atoms with Gasteiger partial charge in [0, 0.05) is 53.6 Å². The topological polar surface area (TPSA) is 106 Å². The van der Waals surface area contributed by atoms with Crippen LogP contribution in [-0.2, 0) is 11.3 Å². The summed E-state index contributed by atoms with van der Waals surface area (Å²) >= 11 is 0. The lowest BCUT2D eigenvalue weighted by atomic mass is 9.98. The standard InChI is InChI=1S/C33H35FN6O2/c1-5-10-39(11-6-2)32(41)25-15-27-28(34)16-24(17-29(27)38-30(35)18-25)22-7-8-26-23(14-22)9-12-40(33(26)42)19-31-36-20(3)13-21(4)37-31/h7-9,12-17H,5-6,10-11,18-19H2,1-4H3,(H2,35,38). The average molecular weight is 567 g/mol. The lowest BCUT2D eigenvalue weighted by molar-refractivity contribution is -0.127. The number of aryl methyl sites for hydroxylation is 2. The monoisotopic (exact) mass is 566 g/mol. The molecule has 0 unspecified atom stereocenters. The predicted molar refractivity (Wildman–Crippen MR) is 165 cm³/mol. The van der Waals surface area contributed by atoms with E-state index in [2.05, 4.69) is 15.0 Å². The summed E-state index contributed by atoms with van der Waals surface area (Å²) in [6.45, 7) is 9.36. The highest BCUT2D eigenvalue weighted by Crippen LogP contribution is 2.35. The maximum atomic E-state index is 15.6. The summed E-state index contributed by atoms with van der Waals surface area (Å²) < 4.78 is 17.2. The third kappa shape index (κ3) is 6.00. The highest BCUT2D eigenvalue weighted by molar-refractivity contribution is 6.05. The van der Waals surface area contributed by atoms with E-state index in [0.29, 0.717) is 41.1 Å². The van der Waals surface area contributed by atoms with Gasteiger partial charge >= 0.3 is 0 Å². The normalized spacial score (nSPS) is 12.9. The average Bonchev–Trinajstić information content (AvgIpc) is 3.12. The summed E-state index contributed by atoms with van der Waals surface area (Å²) in [6, 6.07) is 12.4. The van der Waals surface area contributed by atoms with E-state index < -0.39 is 5.82 Å². The molecule has 0 radical (unpaired) electrons. The zero-order valence-electron chi connectivity index (χ0n) is 24.4. The first kappa shape index (κ1) is 28.9. The van der Waals surface area contributed by atoms with Gasteiger partial charge in [0.05, 0.1) is 12.2 Å². The Morgan fingerprint density at radius 1 is 1.00 bits per heavy atom. The number of hydrogen-bond acceptors (Lipinski definition) is 6. The van der Waals surface area contributed by atoms with Crippen LogP contribution < -0.4 is 11.3 Å². The number of fused-ring (bicyclic) bond motifs is 2. The van der Waals surface area contributed by atoms with Crippen LogP contribution >= 0.6 is 0 Å². The van der Waals surface area contributed by atoms with Gasteiger partial charge in [0.2, 0.25) is 5.91 Å². The lowest BCUT2D eigenvalue weighted by Crippen LogP contribution is -2.34. The summed E-state index contributed by atoms with van der Waals surface area (Å²) in [4.78, 5) is 41.7. The van der Waals surface area contributed by atoms with E-state index in [0.717, 1.165) is 35.2 Å². The second-order valence-electron chi connectivity index (χ2n) is 10.8. The van der Waals surface area contributed by atoms with Crippen molar-refractivity contribution in [2.75, 3.05) is 13.1 Å². The molecule has 0 spiro atoms. The first-order valence-corrected chi connectivity index (χ1v) is 14.3. The molecule has 42 heavy (non-hydrogen) atoms. The van der Waals surface area contributed by atoms with Gasteiger partial charge in [-0.15, -0.1) is 0 Å². The van der Waals surface area contributed by atoms with E-state index in [1.165, 1.54) is 6.07 Å². The number of amidine groups is 1. The van der Waals surface area contributed by atoms with Crippen molar-refractivity contribution in [2.45, 2.75) is 53.5 Å². The van der Waals surface area contributed by atoms with E-state index in [9.17, 15) is 9.59 Å². The Morgan fingerprint density at radius 3 is 2.40 bits per heavy atom. The van der Waals surface area contributed by atoms with Crippen LogP contribution in [0.5, 0.6) is 0 Å². The maximum Gasteiger partial charge on any atom is 0.258 e. The van der Waals surface area contributed by atoms with Crippen molar-refractivity contribution in [3.8, 4) is 11.1 Å². The van der Waals surface area contributed by atoms with Crippen molar-refractivity contribution in [1.82, 2.24) is 19.4 Å². The second kappa shape index (κ2) is 12.1. The molecule has 1 aliphatic rings. The maximum absolute atomic E-state index is 15.6. The number of carbonyl (C=O) groups excluding carboxylic acids is 1. The van der Waals surface area contributed by atoms with Crippen LogP contribution in [0.3, 0.4) is 0 Å². The molecule has 5 rings (SSSR count). The van der Waals surface area contributed by atoms with Gasteiger partial charge in [-0.3, -0.25) is 9.59 Å². The fourth-order valence-corrected chi connectivity index (χ4v) is 5.43. The largest absolute Gasteiger partial charge is 0.387 e. The van der Waals surface area contributed by atoms with Crippen LogP contribution in [0.25, 0.3) is 28.0 Å². The highest BCUT2D eigenvalue weighted by Gasteiger charge is 2.23. The van der Waals surface area contributed by atoms with Gasteiger partial charge in [0.1, 0.15) is 17.5 Å². The fourth-order valence-electron chi connectivity index (χ4n) is 5.43. The Labute approximate surface area is 244 Å². The van der Waals surface area contributed by atoms with Crippen molar-refractivity contribution in [3.05, 3.63) is 93.2 Å². The third-order valence-corrected chi connectivity index (χ3v) is 7.26. The molecule has 9 heteroatoms. The number of carbonyl (C=O) groups is 1. The van der Waals surface area contributed by atoms with Gasteiger partial charge in [-0.1, -0.05) is 19.9 Å². The molecular formula is C33H35FN6O2. The van der Waals surface area contributed by atoms with Crippen molar-refractivity contribution >= 4 is 34.3 Å². The van der Waals surface area contributed by atoms with E-state index in [4.69, 9.17) is 5.73 Å². The number of nitrogens with two attached hydrogens (primary N) is 1. The van der Waals surface area contributed by atoms with Gasteiger partial charge in [0.15, 0.2) is 0 Å². The molecular weight excluding hydrogens is 531 g/mol.